The quantitative estimate of drug-likeness (QED) is 0.162. The Kier molecular flexibility index (Phi) is 19.4. The number of allylic oxidation sites excluding steroid dienone is 1. The molecule has 0 bridgehead atoms. The fourth-order valence-corrected chi connectivity index (χ4v) is 3.11. The summed E-state index contributed by atoms with van der Waals surface area (Å²) in [6.07, 6.45) is 23.6. The predicted molar refractivity (Wildman–Crippen MR) is 104 cm³/mol. The van der Waals surface area contributed by atoms with Gasteiger partial charge < -0.3 is 5.11 Å². The number of hydrogen-bond donors (Lipinski definition) is 1. The molecule has 0 aromatic rings. The van der Waals surface area contributed by atoms with Gasteiger partial charge >= 0.3 is 0 Å². The van der Waals surface area contributed by atoms with E-state index < -0.39 is 0 Å². The van der Waals surface area contributed by atoms with Crippen LogP contribution in [0.25, 0.3) is 0 Å². The predicted octanol–water partition coefficient (Wildman–Crippen LogP) is 7.17. The van der Waals surface area contributed by atoms with E-state index in [9.17, 15) is 5.11 Å². The highest BCUT2D eigenvalue weighted by Crippen LogP contribution is 2.12. The Labute approximate surface area is 148 Å². The largest absolute Gasteiger partial charge is 0.389 e. The minimum absolute atomic E-state index is 0.213. The van der Waals surface area contributed by atoms with Crippen molar-refractivity contribution < 1.29 is 5.11 Å². The molecule has 0 aliphatic rings. The van der Waals surface area contributed by atoms with Crippen molar-refractivity contribution in [3.8, 4) is 0 Å². The van der Waals surface area contributed by atoms with Gasteiger partial charge in [-0.3, -0.25) is 0 Å². The van der Waals surface area contributed by atoms with E-state index in [1.807, 2.05) is 6.08 Å². The Bertz CT molecular complexity index is 228. The molecule has 0 fully saturated rings. The molecular formula is C20H39BrO. The molecule has 0 aromatic heterocycles. The highest BCUT2D eigenvalue weighted by molar-refractivity contribution is 9.09. The van der Waals surface area contributed by atoms with Gasteiger partial charge in [-0.15, -0.1) is 0 Å². The van der Waals surface area contributed by atoms with Crippen LogP contribution in [0.15, 0.2) is 12.2 Å². The Morgan fingerprint density at radius 1 is 0.773 bits per heavy atom. The average molecular weight is 375 g/mol. The van der Waals surface area contributed by atoms with Gasteiger partial charge in [0, 0.05) is 5.33 Å². The van der Waals surface area contributed by atoms with Crippen LogP contribution in [0.3, 0.4) is 0 Å². The summed E-state index contributed by atoms with van der Waals surface area (Å²) in [5.41, 5.74) is 0. The van der Waals surface area contributed by atoms with Crippen LogP contribution in [0.1, 0.15) is 103 Å². The van der Waals surface area contributed by atoms with E-state index in [1.54, 1.807) is 0 Å². The molecule has 2 heteroatoms. The van der Waals surface area contributed by atoms with Crippen LogP contribution in [0.2, 0.25) is 0 Å². The third-order valence-corrected chi connectivity index (χ3v) is 4.78. The zero-order valence-corrected chi connectivity index (χ0v) is 16.5. The highest BCUT2D eigenvalue weighted by atomic mass is 79.9. The molecule has 0 heterocycles. The molecule has 0 unspecified atom stereocenters. The monoisotopic (exact) mass is 374 g/mol. The zero-order valence-electron chi connectivity index (χ0n) is 14.9. The molecule has 0 radical (unpaired) electrons. The number of aliphatic hydroxyl groups excluding tert-OH is 1. The number of rotatable bonds is 17. The lowest BCUT2D eigenvalue weighted by atomic mass is 10.0. The maximum Gasteiger partial charge on any atom is 0.0720 e. The van der Waals surface area contributed by atoms with Crippen molar-refractivity contribution in [1.82, 2.24) is 0 Å². The summed E-state index contributed by atoms with van der Waals surface area (Å²) in [6, 6.07) is 0. The van der Waals surface area contributed by atoms with Gasteiger partial charge in [-0.25, -0.2) is 0 Å². The lowest BCUT2D eigenvalue weighted by Gasteiger charge is -2.03. The molecule has 0 saturated carbocycles. The molecule has 132 valence electrons. The van der Waals surface area contributed by atoms with Crippen LogP contribution < -0.4 is 0 Å². The van der Waals surface area contributed by atoms with Crippen LogP contribution in [0.5, 0.6) is 0 Å². The van der Waals surface area contributed by atoms with E-state index in [4.69, 9.17) is 0 Å². The van der Waals surface area contributed by atoms with Crippen molar-refractivity contribution in [3.63, 3.8) is 0 Å². The molecule has 0 saturated heterocycles. The number of hydrogen-bond acceptors (Lipinski definition) is 1. The summed E-state index contributed by atoms with van der Waals surface area (Å²) in [7, 11) is 0. The van der Waals surface area contributed by atoms with Crippen molar-refractivity contribution in [1.29, 1.82) is 0 Å². The standard InChI is InChI=1S/C20H39BrO/c1-2-3-17-20(22)18-15-13-11-9-7-5-4-6-8-10-12-14-16-19-21/h15,18,20,22H,2-14,16-17,19H2,1H3/b18-15-/t20-/m1/s1. The maximum atomic E-state index is 9.68. The van der Waals surface area contributed by atoms with Gasteiger partial charge in [0.1, 0.15) is 0 Å². The molecule has 0 spiro atoms. The molecule has 0 amide bonds. The minimum atomic E-state index is -0.213. The second-order valence-electron chi connectivity index (χ2n) is 6.50. The van der Waals surface area contributed by atoms with Crippen molar-refractivity contribution in [2.75, 3.05) is 5.33 Å². The minimum Gasteiger partial charge on any atom is -0.389 e. The third-order valence-electron chi connectivity index (χ3n) is 4.22. The second-order valence-corrected chi connectivity index (χ2v) is 7.30. The van der Waals surface area contributed by atoms with E-state index in [1.165, 1.54) is 82.4 Å². The SMILES string of the molecule is CCCC[C@@H](O)/C=C\CCCCCCCCCCCCCBr. The highest BCUT2D eigenvalue weighted by Gasteiger charge is 1.96. The number of halogens is 1. The van der Waals surface area contributed by atoms with Gasteiger partial charge in [0.2, 0.25) is 0 Å². The topological polar surface area (TPSA) is 20.2 Å². The van der Waals surface area contributed by atoms with Crippen LogP contribution >= 0.6 is 15.9 Å². The number of unbranched alkanes of at least 4 members (excludes halogenated alkanes) is 12. The van der Waals surface area contributed by atoms with Crippen LogP contribution in [0.4, 0.5) is 0 Å². The Morgan fingerprint density at radius 3 is 1.77 bits per heavy atom. The van der Waals surface area contributed by atoms with E-state index in [2.05, 4.69) is 28.9 Å². The molecule has 1 nitrogen and oxygen atoms in total. The summed E-state index contributed by atoms with van der Waals surface area (Å²) in [5, 5.41) is 10.8. The summed E-state index contributed by atoms with van der Waals surface area (Å²) in [5.74, 6) is 0. The van der Waals surface area contributed by atoms with E-state index in [0.29, 0.717) is 0 Å². The second kappa shape index (κ2) is 19.2. The van der Waals surface area contributed by atoms with Gasteiger partial charge in [0.25, 0.3) is 0 Å². The Balaban J connectivity index is 3.12. The smallest absolute Gasteiger partial charge is 0.0720 e. The molecule has 1 N–H and O–H groups in total. The van der Waals surface area contributed by atoms with Crippen molar-refractivity contribution in [2.45, 2.75) is 109 Å². The lowest BCUT2D eigenvalue weighted by Crippen LogP contribution is -2.00. The van der Waals surface area contributed by atoms with E-state index in [-0.39, 0.29) is 6.10 Å². The first-order valence-corrected chi connectivity index (χ1v) is 10.8. The first kappa shape index (κ1) is 22.2. The van der Waals surface area contributed by atoms with Gasteiger partial charge in [0.05, 0.1) is 6.10 Å². The average Bonchev–Trinajstić information content (AvgIpc) is 2.53. The Morgan fingerprint density at radius 2 is 1.27 bits per heavy atom. The van der Waals surface area contributed by atoms with Crippen LogP contribution in [0, 0.1) is 0 Å². The van der Waals surface area contributed by atoms with Crippen molar-refractivity contribution in [3.05, 3.63) is 12.2 Å². The lowest BCUT2D eigenvalue weighted by molar-refractivity contribution is 0.209. The maximum absolute atomic E-state index is 9.68. The fourth-order valence-electron chi connectivity index (χ4n) is 2.71. The van der Waals surface area contributed by atoms with Crippen molar-refractivity contribution >= 4 is 15.9 Å². The first-order valence-electron chi connectivity index (χ1n) is 9.72. The fraction of sp³-hybridized carbons (Fsp3) is 0.900. The van der Waals surface area contributed by atoms with Gasteiger partial charge in [0.15, 0.2) is 0 Å². The van der Waals surface area contributed by atoms with Crippen molar-refractivity contribution in [2.24, 2.45) is 0 Å². The van der Waals surface area contributed by atoms with Gasteiger partial charge in [-0.2, -0.15) is 0 Å². The summed E-state index contributed by atoms with van der Waals surface area (Å²) in [4.78, 5) is 0. The molecular weight excluding hydrogens is 336 g/mol. The Hall–Kier alpha value is 0.180. The molecule has 0 rings (SSSR count). The van der Waals surface area contributed by atoms with Crippen LogP contribution in [-0.2, 0) is 0 Å². The van der Waals surface area contributed by atoms with E-state index >= 15 is 0 Å². The molecule has 0 aliphatic carbocycles. The summed E-state index contributed by atoms with van der Waals surface area (Å²) in [6.45, 7) is 2.17. The molecule has 22 heavy (non-hydrogen) atoms. The van der Waals surface area contributed by atoms with E-state index in [0.717, 1.165) is 19.3 Å². The number of aliphatic hydroxyl groups is 1. The molecule has 1 atom stereocenters. The van der Waals surface area contributed by atoms with Crippen LogP contribution in [-0.4, -0.2) is 16.5 Å². The first-order chi connectivity index (χ1) is 10.8. The molecule has 0 aliphatic heterocycles. The normalized spacial score (nSPS) is 13.0. The van der Waals surface area contributed by atoms with Gasteiger partial charge in [-0.05, 0) is 25.7 Å². The summed E-state index contributed by atoms with van der Waals surface area (Å²) < 4.78 is 0. The summed E-state index contributed by atoms with van der Waals surface area (Å²) >= 11 is 3.48. The molecule has 0 aromatic carbocycles. The number of alkyl halides is 1. The van der Waals surface area contributed by atoms with Gasteiger partial charge in [-0.1, -0.05) is 106 Å². The third kappa shape index (κ3) is 18.2. The zero-order chi connectivity index (χ0) is 16.3.